The Morgan fingerprint density at radius 3 is 0.891 bits per heavy atom. The fourth-order valence-electron chi connectivity index (χ4n) is 6.00. The number of esters is 2. The van der Waals surface area contributed by atoms with Gasteiger partial charge in [-0.1, -0.05) is 78.6 Å². The fourth-order valence-corrected chi connectivity index (χ4v) is 12.9. The first-order chi connectivity index (χ1) is 47.4. The lowest BCUT2D eigenvalue weighted by atomic mass is 10.2. The van der Waals surface area contributed by atoms with Crippen LogP contribution < -0.4 is 32.6 Å². The Morgan fingerprint density at radius 2 is 0.639 bits per heavy atom. The van der Waals surface area contributed by atoms with E-state index in [1.807, 2.05) is 144 Å². The number of rotatable bonds is 11. The van der Waals surface area contributed by atoms with Crippen molar-refractivity contribution in [2.45, 2.75) is 136 Å². The Morgan fingerprint density at radius 1 is 0.353 bits per heavy atom. The number of thiocarbonyl (C=S) groups is 2. The van der Waals surface area contributed by atoms with Crippen molar-refractivity contribution in [3.8, 4) is 40.2 Å². The number of aryl methyl sites for hydroxylation is 9. The van der Waals surface area contributed by atoms with Crippen LogP contribution in [0.4, 0.5) is 14.4 Å². The van der Waals surface area contributed by atoms with Crippen molar-refractivity contribution in [1.29, 1.82) is 0 Å². The summed E-state index contributed by atoms with van der Waals surface area (Å²) < 4.78 is 68.2. The highest BCUT2D eigenvalue weighted by Crippen LogP contribution is 2.29. The topological polar surface area (TPSA) is 233 Å². The van der Waals surface area contributed by atoms with Crippen molar-refractivity contribution < 1.29 is 79.3 Å². The monoisotopic (exact) mass is 1900 g/mol. The van der Waals surface area contributed by atoms with Crippen LogP contribution in [-0.4, -0.2) is 231 Å². The van der Waals surface area contributed by atoms with Crippen LogP contribution in [-0.2, 0) is 24.6 Å². The van der Waals surface area contributed by atoms with Gasteiger partial charge in [-0.15, -0.1) is 102 Å². The van der Waals surface area contributed by atoms with Gasteiger partial charge in [0.25, 0.3) is 11.1 Å². The van der Waals surface area contributed by atoms with E-state index in [0.717, 1.165) is 72.1 Å². The Kier molecular flexibility index (Phi) is 112. The van der Waals surface area contributed by atoms with Crippen LogP contribution in [0.25, 0.3) is 0 Å². The predicted molar refractivity (Wildman–Crippen MR) is 544 cm³/mol. The molecule has 0 aromatic carbocycles. The average Bonchev–Trinajstić information content (AvgIpc) is 1.82. The zero-order valence-electron chi connectivity index (χ0n) is 65.0. The van der Waals surface area contributed by atoms with Gasteiger partial charge in [0.1, 0.15) is 34.5 Å². The summed E-state index contributed by atoms with van der Waals surface area (Å²) in [6.07, 6.45) is 2.59. The van der Waals surface area contributed by atoms with Gasteiger partial charge < -0.3 is 56.8 Å². The van der Waals surface area contributed by atoms with E-state index >= 15 is 0 Å². The number of hydrogen-bond donors (Lipinski definition) is 0. The van der Waals surface area contributed by atoms with E-state index in [-0.39, 0.29) is 172 Å². The fraction of sp³-hybridized carbons (Fsp3) is 0.413. The van der Waals surface area contributed by atoms with Gasteiger partial charge >= 0.3 is 39.8 Å². The minimum Gasteiger partial charge on any atom is -0.465 e. The standard InChI is InChI=1S/C8H11NO2S.C8H11NOS2.C8H11NOS.C7H11NO3S2.C7H8O3S.C7H8O2S2.2C7H8O2S.C7H8OS3.9CH4.9B/c1-6-7(4-5-12-6)11-8(10)9(2)3;1-6-7(4-5-12-6)10-8(11)9(2)3;1-6-7(4-5-11-6)8(10)9(2)3;1-6-7(4-5-12-6)11-13(9,10)8(2)3;1-5-6(3-4-11-5)10-7(8)9-2;1-5-6(3-4-11-5)9-7(8)10-2;1-5-6(3-4-10-5)7(8)9-2;1-5-7(3-4-10-5)9-6(2)8;1-5-6(3-4-11-5)8-7(9)10-2;;;;;;;;;;;;;;;;;;/h2*4-5H,1-3H3;4-5H,1-3H3;4-5H,1-3H3;2*3-4H,1-2H3;2*3-4H,1-2H3;3-4H,1-2H3;9*1H4;;;;;;;;;. The highest BCUT2D eigenvalue weighted by atomic mass is 32.2. The molecule has 0 atom stereocenters. The number of amides is 2. The van der Waals surface area contributed by atoms with Crippen LogP contribution in [0.5, 0.6) is 40.2 Å². The lowest BCUT2D eigenvalue weighted by molar-refractivity contribution is -0.131. The first-order valence-corrected chi connectivity index (χ1v) is 41.5. The van der Waals surface area contributed by atoms with Crippen molar-refractivity contribution >= 4 is 281 Å². The quantitative estimate of drug-likeness (QED) is 0.0665. The molecule has 0 N–H and O–H groups in total. The number of methoxy groups -OCH3 is 2. The molecule has 0 fully saturated rings. The number of carbonyl (C=O) groups is 6. The van der Waals surface area contributed by atoms with Crippen LogP contribution in [0.1, 0.15) is 138 Å². The molecule has 0 bridgehead atoms. The third kappa shape index (κ3) is 63.0. The summed E-state index contributed by atoms with van der Waals surface area (Å²) in [4.78, 5) is 79.2. The van der Waals surface area contributed by atoms with Gasteiger partial charge in [0.2, 0.25) is 4.38 Å². The molecule has 0 aliphatic heterocycles. The smallest absolute Gasteiger partial charge is 0.465 e. The SMILES string of the molecule is C.C.C.C.C.C.C.C.C.CC(=O)Oc1ccsc1C.COC(=O)Oc1ccsc1C.COC(=O)c1ccsc1C.CSC(=O)Oc1ccsc1C.CSC(=S)Oc1ccsc1C.Cc1sccc1C(=O)N(C)C.Cc1sccc1OC(=O)N(C)C.Cc1sccc1OC(=S)N(C)C.Cc1sccc1OS(=O)(=O)N(C)C.[B].[B].[B].[B].[B].[B].[B].[B].[B]. The molecule has 21 nitrogen and oxygen atoms in total. The summed E-state index contributed by atoms with van der Waals surface area (Å²) in [5.74, 6) is 4.29. The van der Waals surface area contributed by atoms with Crippen LogP contribution >= 0.6 is 150 Å². The number of thiophene rings is 9. The summed E-state index contributed by atoms with van der Waals surface area (Å²) in [6, 6.07) is 16.3. The van der Waals surface area contributed by atoms with E-state index in [9.17, 15) is 37.2 Å². The molecule has 9 heterocycles. The molecule has 2 amide bonds. The van der Waals surface area contributed by atoms with Crippen LogP contribution in [0.15, 0.2) is 103 Å². The Balaban J connectivity index is -0.0000000592. The van der Waals surface area contributed by atoms with Crippen LogP contribution in [0.2, 0.25) is 0 Å². The van der Waals surface area contributed by atoms with Crippen LogP contribution in [0, 0.1) is 62.3 Å². The molecule has 119 heavy (non-hydrogen) atoms. The normalized spacial score (nSPS) is 8.36. The minimum atomic E-state index is -3.60. The Bertz CT molecular complexity index is 3950. The van der Waals surface area contributed by atoms with E-state index in [1.165, 1.54) is 79.5 Å². The molecule has 0 aliphatic carbocycles. The maximum Gasteiger partial charge on any atom is 0.513 e. The van der Waals surface area contributed by atoms with Crippen molar-refractivity contribution in [3.05, 3.63) is 158 Å². The molecule has 9 aromatic rings. The number of thioether (sulfide) groups is 2. The summed E-state index contributed by atoms with van der Waals surface area (Å²) in [5.41, 5.74) is 1.49. The molecular formula is C75H120B9N4O17S14. The molecule has 653 valence electrons. The zero-order chi connectivity index (χ0) is 76.7. The molecule has 9 rings (SSSR count). The lowest BCUT2D eigenvalue weighted by Crippen LogP contribution is -2.27. The molecule has 0 aliphatic rings. The largest absolute Gasteiger partial charge is 0.513 e. The number of ether oxygens (including phenoxy) is 8. The molecule has 44 heteroatoms. The minimum absolute atomic E-state index is 0. The number of nitrogens with zero attached hydrogens (tertiary/aromatic N) is 4. The summed E-state index contributed by atoms with van der Waals surface area (Å²) in [7, 11) is 12.5. The summed E-state index contributed by atoms with van der Waals surface area (Å²) in [5, 5.41) is 17.4. The second kappa shape index (κ2) is 84.5. The molecule has 0 spiro atoms. The van der Waals surface area contributed by atoms with Gasteiger partial charge in [0, 0.05) is 183 Å². The maximum atomic E-state index is 11.4. The molecule has 0 saturated heterocycles. The van der Waals surface area contributed by atoms with Gasteiger partial charge in [-0.05, 0) is 214 Å². The van der Waals surface area contributed by atoms with E-state index < -0.39 is 16.5 Å². The molecule has 0 unspecified atom stereocenters. The molecule has 0 saturated carbocycles. The average molecular weight is 1900 g/mol. The Hall–Kier alpha value is -5.71. The lowest BCUT2D eigenvalue weighted by Gasteiger charge is -2.13. The third-order valence-corrected chi connectivity index (χ3v) is 22.2. The highest BCUT2D eigenvalue weighted by Gasteiger charge is 2.18. The van der Waals surface area contributed by atoms with E-state index in [2.05, 4.69) is 9.47 Å². The molecular weight excluding hydrogens is 1780 g/mol. The van der Waals surface area contributed by atoms with E-state index in [4.69, 9.17) is 57.0 Å². The molecule has 27 radical (unpaired) electrons. The van der Waals surface area contributed by atoms with Crippen LogP contribution in [0.3, 0.4) is 0 Å². The van der Waals surface area contributed by atoms with Crippen molar-refractivity contribution in [3.63, 3.8) is 0 Å². The highest BCUT2D eigenvalue weighted by molar-refractivity contribution is 8.22. The number of carbonyl (C=O) groups excluding carboxylic acids is 6. The third-order valence-electron chi connectivity index (χ3n) is 11.5. The molecule has 9 aromatic heterocycles. The second-order valence-corrected chi connectivity index (χ2v) is 34.3. The first-order valence-electron chi connectivity index (χ1n) is 29.0. The van der Waals surface area contributed by atoms with Gasteiger partial charge in [-0.3, -0.25) is 9.59 Å². The van der Waals surface area contributed by atoms with Crippen molar-refractivity contribution in [2.75, 3.05) is 83.1 Å². The van der Waals surface area contributed by atoms with Gasteiger partial charge in [-0.2, -0.15) is 12.7 Å². The van der Waals surface area contributed by atoms with Gasteiger partial charge in [-0.25, -0.2) is 19.2 Å². The van der Waals surface area contributed by atoms with Gasteiger partial charge in [0.05, 0.1) is 25.3 Å². The van der Waals surface area contributed by atoms with E-state index in [0.29, 0.717) is 43.9 Å². The first kappa shape index (κ1) is 157. The Labute approximate surface area is 789 Å². The van der Waals surface area contributed by atoms with E-state index in [1.54, 1.807) is 165 Å². The second-order valence-electron chi connectivity index (χ2n) is 20.0. The summed E-state index contributed by atoms with van der Waals surface area (Å²) in [6.45, 7) is 18.7. The van der Waals surface area contributed by atoms with Crippen molar-refractivity contribution in [2.24, 2.45) is 0 Å². The maximum absolute atomic E-state index is 11.4. The number of hydrogen-bond acceptors (Lipinski definition) is 30. The van der Waals surface area contributed by atoms with Gasteiger partial charge in [0.15, 0.2) is 5.75 Å². The summed E-state index contributed by atoms with van der Waals surface area (Å²) >= 11 is 26.6. The predicted octanol–water partition coefficient (Wildman–Crippen LogP) is 21.7. The zero-order valence-corrected chi connectivity index (χ0v) is 76.5. The van der Waals surface area contributed by atoms with Crippen molar-refractivity contribution in [1.82, 2.24) is 19.0 Å².